The average molecular weight is 349 g/mol. The monoisotopic (exact) mass is 348 g/mol. The molecule has 0 fully saturated rings. The molecule has 4 heterocycles. The molecular formula is C16H18N3S3+. The maximum atomic E-state index is 5.51. The van der Waals surface area contributed by atoms with E-state index in [1.165, 1.54) is 16.9 Å². The summed E-state index contributed by atoms with van der Waals surface area (Å²) in [4.78, 5) is 4.59. The largest absolute Gasteiger partial charge is 0.327 e. The lowest BCUT2D eigenvalue weighted by molar-refractivity contribution is -0.949. The van der Waals surface area contributed by atoms with Gasteiger partial charge in [-0.2, -0.15) is 0 Å². The Morgan fingerprint density at radius 2 is 2.18 bits per heavy atom. The molecule has 3 nitrogen and oxygen atoms in total. The van der Waals surface area contributed by atoms with Crippen LogP contribution in [0.25, 0.3) is 0 Å². The summed E-state index contributed by atoms with van der Waals surface area (Å²) < 4.78 is 5.10. The third kappa shape index (κ3) is 2.40. The second kappa shape index (κ2) is 5.77. The normalized spacial score (nSPS) is 21.0. The van der Waals surface area contributed by atoms with Gasteiger partial charge < -0.3 is 9.47 Å². The lowest BCUT2D eigenvalue weighted by atomic mass is 9.99. The quantitative estimate of drug-likeness (QED) is 0.719. The zero-order valence-electron chi connectivity index (χ0n) is 12.4. The Labute approximate surface area is 143 Å². The highest BCUT2D eigenvalue weighted by Gasteiger charge is 2.34. The topological polar surface area (TPSA) is 14.3 Å². The van der Waals surface area contributed by atoms with Gasteiger partial charge in [0.1, 0.15) is 0 Å². The first-order valence-electron chi connectivity index (χ1n) is 7.40. The summed E-state index contributed by atoms with van der Waals surface area (Å²) in [5.41, 5.74) is 1.51. The van der Waals surface area contributed by atoms with E-state index >= 15 is 0 Å². The van der Waals surface area contributed by atoms with Crippen LogP contribution in [0.15, 0.2) is 41.4 Å². The molecule has 1 aliphatic heterocycles. The molecule has 3 aromatic heterocycles. The number of nitrogens with zero attached hydrogens (tertiary/aromatic N) is 2. The third-order valence-electron chi connectivity index (χ3n) is 4.39. The van der Waals surface area contributed by atoms with Gasteiger partial charge in [0, 0.05) is 36.3 Å². The van der Waals surface area contributed by atoms with Crippen LogP contribution >= 0.6 is 34.9 Å². The number of fused-ring (bicyclic) bond motifs is 1. The highest BCUT2D eigenvalue weighted by molar-refractivity contribution is 7.71. The smallest absolute Gasteiger partial charge is 0.183 e. The van der Waals surface area contributed by atoms with Crippen LogP contribution in [0.5, 0.6) is 0 Å². The molecule has 1 unspecified atom stereocenters. The van der Waals surface area contributed by atoms with Gasteiger partial charge in [-0.15, -0.1) is 22.7 Å². The molecule has 3 aromatic rings. The van der Waals surface area contributed by atoms with Gasteiger partial charge in [0.2, 0.25) is 0 Å². The van der Waals surface area contributed by atoms with Crippen molar-refractivity contribution in [1.82, 2.24) is 9.13 Å². The zero-order chi connectivity index (χ0) is 15.1. The molecule has 1 aliphatic rings. The van der Waals surface area contributed by atoms with E-state index in [0.29, 0.717) is 6.04 Å². The number of aryl methyl sites for hydroxylation is 1. The number of imidazole rings is 1. The standard InChI is InChI=1S/C16H17N3S3/c1-17-7-8-19(16(17)20)11-18-6-4-13-12(5-10-22-13)15(18)14-3-2-9-21-14/h2-3,5,7-10,15H,4,6,11H2,1H3/p+1/t15-/m1/s1. The molecule has 0 amide bonds. The first-order valence-corrected chi connectivity index (χ1v) is 9.57. The van der Waals surface area contributed by atoms with Crippen molar-refractivity contribution in [2.24, 2.45) is 7.05 Å². The lowest BCUT2D eigenvalue weighted by Gasteiger charge is -2.32. The van der Waals surface area contributed by atoms with E-state index in [9.17, 15) is 0 Å². The van der Waals surface area contributed by atoms with E-state index < -0.39 is 0 Å². The van der Waals surface area contributed by atoms with E-state index in [1.807, 2.05) is 40.5 Å². The average Bonchev–Trinajstić information content (AvgIpc) is 3.25. The van der Waals surface area contributed by atoms with E-state index in [4.69, 9.17) is 12.2 Å². The molecular weight excluding hydrogens is 330 g/mol. The number of thiophene rings is 2. The van der Waals surface area contributed by atoms with Gasteiger partial charge in [0.15, 0.2) is 17.5 Å². The van der Waals surface area contributed by atoms with Gasteiger partial charge in [0.05, 0.1) is 11.4 Å². The molecule has 0 radical (unpaired) electrons. The van der Waals surface area contributed by atoms with Gasteiger partial charge >= 0.3 is 0 Å². The number of hydrogen-bond acceptors (Lipinski definition) is 3. The number of nitrogens with one attached hydrogen (secondary N) is 1. The maximum Gasteiger partial charge on any atom is 0.183 e. The first-order chi connectivity index (χ1) is 10.7. The molecule has 22 heavy (non-hydrogen) atoms. The Kier molecular flexibility index (Phi) is 3.78. The van der Waals surface area contributed by atoms with Crippen LogP contribution in [-0.2, 0) is 20.1 Å². The Bertz CT molecular complexity index is 825. The van der Waals surface area contributed by atoms with Crippen LogP contribution in [0.1, 0.15) is 21.4 Å². The highest BCUT2D eigenvalue weighted by Crippen LogP contribution is 2.31. The second-order valence-corrected chi connectivity index (χ2v) is 8.07. The Hall–Kier alpha value is -1.21. The SMILES string of the molecule is Cn1ccn(C[NH+]2CCc3sccc3[C@@H]2c2cccs2)c1=S. The Balaban J connectivity index is 1.72. The second-order valence-electron chi connectivity index (χ2n) is 5.73. The van der Waals surface area contributed by atoms with Crippen LogP contribution in [0.4, 0.5) is 0 Å². The molecule has 0 bridgehead atoms. The molecule has 114 valence electrons. The van der Waals surface area contributed by atoms with Gasteiger partial charge in [-0.3, -0.25) is 4.57 Å². The summed E-state index contributed by atoms with van der Waals surface area (Å²) in [5.74, 6) is 0. The molecule has 2 atom stereocenters. The van der Waals surface area contributed by atoms with Gasteiger partial charge in [0.25, 0.3) is 0 Å². The highest BCUT2D eigenvalue weighted by atomic mass is 32.1. The van der Waals surface area contributed by atoms with E-state index in [0.717, 1.165) is 18.0 Å². The molecule has 4 rings (SSSR count). The number of quaternary nitrogens is 1. The van der Waals surface area contributed by atoms with Gasteiger partial charge in [-0.25, -0.2) is 0 Å². The van der Waals surface area contributed by atoms with Crippen molar-refractivity contribution in [3.8, 4) is 0 Å². The third-order valence-corrected chi connectivity index (χ3v) is 6.85. The molecule has 1 N–H and O–H groups in total. The summed E-state index contributed by atoms with van der Waals surface area (Å²) in [5, 5.41) is 4.42. The number of rotatable bonds is 3. The van der Waals surface area contributed by atoms with E-state index in [2.05, 4.69) is 39.7 Å². The van der Waals surface area contributed by atoms with Crippen molar-refractivity contribution in [1.29, 1.82) is 0 Å². The van der Waals surface area contributed by atoms with Crippen molar-refractivity contribution in [3.05, 3.63) is 61.4 Å². The van der Waals surface area contributed by atoms with Crippen molar-refractivity contribution < 1.29 is 4.90 Å². The fraction of sp³-hybridized carbons (Fsp3) is 0.312. The van der Waals surface area contributed by atoms with Crippen molar-refractivity contribution in [2.75, 3.05) is 6.54 Å². The molecule has 0 saturated heterocycles. The van der Waals surface area contributed by atoms with Crippen LogP contribution in [0, 0.1) is 4.77 Å². The minimum Gasteiger partial charge on any atom is -0.327 e. The Morgan fingerprint density at radius 1 is 1.27 bits per heavy atom. The number of aromatic nitrogens is 2. The maximum absolute atomic E-state index is 5.51. The van der Waals surface area contributed by atoms with Crippen molar-refractivity contribution in [2.45, 2.75) is 19.1 Å². The lowest BCUT2D eigenvalue weighted by Crippen LogP contribution is -3.12. The van der Waals surface area contributed by atoms with E-state index in [1.54, 1.807) is 9.78 Å². The Morgan fingerprint density at radius 3 is 2.91 bits per heavy atom. The summed E-state index contributed by atoms with van der Waals surface area (Å²) in [6.45, 7) is 2.09. The molecule has 0 saturated carbocycles. The minimum atomic E-state index is 0.442. The number of hydrogen-bond donors (Lipinski definition) is 1. The first kappa shape index (κ1) is 14.4. The predicted molar refractivity (Wildman–Crippen MR) is 94.3 cm³/mol. The minimum absolute atomic E-state index is 0.442. The molecule has 0 aliphatic carbocycles. The van der Waals surface area contributed by atoms with Crippen LogP contribution < -0.4 is 4.90 Å². The summed E-state index contributed by atoms with van der Waals surface area (Å²) >= 11 is 9.28. The molecule has 0 spiro atoms. The fourth-order valence-electron chi connectivity index (χ4n) is 3.28. The summed E-state index contributed by atoms with van der Waals surface area (Å²) in [6.07, 6.45) is 5.32. The predicted octanol–water partition coefficient (Wildman–Crippen LogP) is 2.87. The van der Waals surface area contributed by atoms with Crippen molar-refractivity contribution in [3.63, 3.8) is 0 Å². The van der Waals surface area contributed by atoms with Crippen LogP contribution in [-0.4, -0.2) is 15.7 Å². The molecule has 0 aromatic carbocycles. The van der Waals surface area contributed by atoms with E-state index in [-0.39, 0.29) is 0 Å². The summed E-state index contributed by atoms with van der Waals surface area (Å²) in [7, 11) is 2.01. The van der Waals surface area contributed by atoms with Crippen molar-refractivity contribution >= 4 is 34.9 Å². The van der Waals surface area contributed by atoms with Gasteiger partial charge in [-0.1, -0.05) is 6.07 Å². The zero-order valence-corrected chi connectivity index (χ0v) is 14.8. The van der Waals surface area contributed by atoms with Crippen LogP contribution in [0.2, 0.25) is 0 Å². The summed E-state index contributed by atoms with van der Waals surface area (Å²) in [6, 6.07) is 7.18. The molecule has 6 heteroatoms. The van der Waals surface area contributed by atoms with Gasteiger partial charge in [-0.05, 0) is 35.1 Å². The van der Waals surface area contributed by atoms with Crippen LogP contribution in [0.3, 0.4) is 0 Å². The fourth-order valence-corrected chi connectivity index (χ4v) is 5.29.